The molecule has 0 fully saturated rings. The van der Waals surface area contributed by atoms with Crippen LogP contribution in [0.25, 0.3) is 39.4 Å². The van der Waals surface area contributed by atoms with Gasteiger partial charge in [0, 0.05) is 22.9 Å². The average Bonchev–Trinajstić information content (AvgIpc) is 3.27. The molecule has 0 N–H and O–H groups in total. The molecule has 0 spiro atoms. The van der Waals surface area contributed by atoms with Crippen molar-refractivity contribution in [1.82, 2.24) is 9.78 Å². The number of aromatic nitrogens is 2. The van der Waals surface area contributed by atoms with E-state index in [1.54, 1.807) is 0 Å². The quantitative estimate of drug-likeness (QED) is 0.315. The summed E-state index contributed by atoms with van der Waals surface area (Å²) < 4.78 is 1.87. The lowest BCUT2D eigenvalue weighted by Crippen LogP contribution is -1.93. The maximum absolute atomic E-state index is 10.0. The Bertz CT molecular complexity index is 1420. The summed E-state index contributed by atoms with van der Waals surface area (Å²) in [6.45, 7) is 0. The van der Waals surface area contributed by atoms with Gasteiger partial charge in [0.25, 0.3) is 0 Å². The molecule has 5 rings (SSSR count). The topological polar surface area (TPSA) is 41.6 Å². The van der Waals surface area contributed by atoms with Gasteiger partial charge in [-0.05, 0) is 29.0 Å². The lowest BCUT2D eigenvalue weighted by molar-refractivity contribution is 0.884. The zero-order chi connectivity index (χ0) is 21.0. The third-order valence-electron chi connectivity index (χ3n) is 5.31. The van der Waals surface area contributed by atoms with Gasteiger partial charge in [0.2, 0.25) is 0 Å². The van der Waals surface area contributed by atoms with Crippen LogP contribution >= 0.6 is 0 Å². The first-order valence-electron chi connectivity index (χ1n) is 10.1. The molecule has 3 heteroatoms. The number of benzene rings is 4. The van der Waals surface area contributed by atoms with Gasteiger partial charge in [0.05, 0.1) is 23.0 Å². The lowest BCUT2D eigenvalue weighted by atomic mass is 9.97. The third-order valence-corrected chi connectivity index (χ3v) is 5.31. The third kappa shape index (κ3) is 3.63. The monoisotopic (exact) mass is 397 g/mol. The van der Waals surface area contributed by atoms with Crippen LogP contribution < -0.4 is 0 Å². The Hall–Kier alpha value is -4.42. The summed E-state index contributed by atoms with van der Waals surface area (Å²) in [5.41, 5.74) is 5.27. The van der Waals surface area contributed by atoms with Crippen molar-refractivity contribution in [3.63, 3.8) is 0 Å². The summed E-state index contributed by atoms with van der Waals surface area (Å²) in [4.78, 5) is 0. The molecular formula is C28H19N3. The van der Waals surface area contributed by atoms with E-state index in [-0.39, 0.29) is 0 Å². The average molecular weight is 397 g/mol. The van der Waals surface area contributed by atoms with Gasteiger partial charge >= 0.3 is 0 Å². The highest BCUT2D eigenvalue weighted by atomic mass is 15.3. The molecule has 0 bridgehead atoms. The molecule has 0 radical (unpaired) electrons. The van der Waals surface area contributed by atoms with E-state index in [1.807, 2.05) is 102 Å². The van der Waals surface area contributed by atoms with Gasteiger partial charge in [-0.2, -0.15) is 10.4 Å². The van der Waals surface area contributed by atoms with E-state index in [0.717, 1.165) is 38.8 Å². The Kier molecular flexibility index (Phi) is 4.88. The lowest BCUT2D eigenvalue weighted by Gasteiger charge is -2.05. The van der Waals surface area contributed by atoms with E-state index < -0.39 is 0 Å². The Balaban J connectivity index is 1.70. The van der Waals surface area contributed by atoms with Gasteiger partial charge in [0.1, 0.15) is 0 Å². The predicted molar refractivity (Wildman–Crippen MR) is 126 cm³/mol. The minimum Gasteiger partial charge on any atom is -0.240 e. The molecule has 0 aliphatic carbocycles. The smallest absolute Gasteiger partial charge is 0.1000 e. The molecule has 1 aromatic heterocycles. The van der Waals surface area contributed by atoms with Crippen LogP contribution in [0, 0.1) is 11.3 Å². The van der Waals surface area contributed by atoms with Crippen molar-refractivity contribution in [3.05, 3.63) is 120 Å². The van der Waals surface area contributed by atoms with E-state index in [1.165, 1.54) is 0 Å². The number of nitrogens with zero attached hydrogens (tertiary/aromatic N) is 3. The fourth-order valence-electron chi connectivity index (χ4n) is 3.81. The van der Waals surface area contributed by atoms with Gasteiger partial charge < -0.3 is 0 Å². The molecule has 31 heavy (non-hydrogen) atoms. The van der Waals surface area contributed by atoms with Crippen molar-refractivity contribution >= 4 is 22.4 Å². The predicted octanol–water partition coefficient (Wildman–Crippen LogP) is 6.76. The van der Waals surface area contributed by atoms with E-state index >= 15 is 0 Å². The number of rotatable bonds is 4. The minimum absolute atomic E-state index is 0.613. The first-order valence-corrected chi connectivity index (χ1v) is 10.1. The summed E-state index contributed by atoms with van der Waals surface area (Å²) in [5.74, 6) is 0. The highest BCUT2D eigenvalue weighted by Crippen LogP contribution is 2.30. The van der Waals surface area contributed by atoms with Gasteiger partial charge in [-0.15, -0.1) is 0 Å². The van der Waals surface area contributed by atoms with Crippen LogP contribution in [0.2, 0.25) is 0 Å². The zero-order valence-corrected chi connectivity index (χ0v) is 16.8. The molecule has 4 aromatic carbocycles. The number of fused-ring (bicyclic) bond motifs is 1. The van der Waals surface area contributed by atoms with Crippen LogP contribution in [0.1, 0.15) is 11.1 Å². The highest BCUT2D eigenvalue weighted by Gasteiger charge is 2.13. The van der Waals surface area contributed by atoms with Crippen molar-refractivity contribution in [2.45, 2.75) is 0 Å². The van der Waals surface area contributed by atoms with Gasteiger partial charge in [-0.1, -0.05) is 91.0 Å². The van der Waals surface area contributed by atoms with Crippen molar-refractivity contribution in [2.75, 3.05) is 0 Å². The van der Waals surface area contributed by atoms with Crippen molar-refractivity contribution in [1.29, 1.82) is 5.26 Å². The molecule has 3 nitrogen and oxygen atoms in total. The molecule has 146 valence electrons. The van der Waals surface area contributed by atoms with Crippen LogP contribution in [-0.4, -0.2) is 9.78 Å². The van der Waals surface area contributed by atoms with E-state index in [4.69, 9.17) is 5.10 Å². The fourth-order valence-corrected chi connectivity index (χ4v) is 3.81. The van der Waals surface area contributed by atoms with Crippen LogP contribution in [0.3, 0.4) is 0 Å². The number of para-hydroxylation sites is 1. The fraction of sp³-hybridized carbons (Fsp3) is 0. The molecule has 5 aromatic rings. The van der Waals surface area contributed by atoms with Crippen molar-refractivity contribution in [2.24, 2.45) is 0 Å². The molecule has 0 saturated carbocycles. The number of nitriles is 1. The molecule has 0 atom stereocenters. The largest absolute Gasteiger partial charge is 0.240 e. The first kappa shape index (κ1) is 18.6. The Morgan fingerprint density at radius 2 is 1.45 bits per heavy atom. The second-order valence-electron chi connectivity index (χ2n) is 7.28. The van der Waals surface area contributed by atoms with Crippen LogP contribution in [0.15, 0.2) is 109 Å². The summed E-state index contributed by atoms with van der Waals surface area (Å²) >= 11 is 0. The van der Waals surface area contributed by atoms with Gasteiger partial charge in [-0.3, -0.25) is 0 Å². The number of allylic oxidation sites excluding steroid dienone is 1. The normalized spacial score (nSPS) is 11.4. The molecular weight excluding hydrogens is 378 g/mol. The van der Waals surface area contributed by atoms with Crippen LogP contribution in [0.5, 0.6) is 0 Å². The SMILES string of the molecule is N#CC(=Cc1cn(-c2ccccc2)nc1-c1ccccc1)c1cccc2ccccc12. The summed E-state index contributed by atoms with van der Waals surface area (Å²) in [5, 5.41) is 17.1. The van der Waals surface area contributed by atoms with Crippen LogP contribution in [0.4, 0.5) is 0 Å². The van der Waals surface area contributed by atoms with Crippen molar-refractivity contribution < 1.29 is 0 Å². The molecule has 0 saturated heterocycles. The summed E-state index contributed by atoms with van der Waals surface area (Å²) in [7, 11) is 0. The Morgan fingerprint density at radius 3 is 2.23 bits per heavy atom. The molecule has 0 aliphatic heterocycles. The highest BCUT2D eigenvalue weighted by molar-refractivity contribution is 6.02. The molecule has 0 amide bonds. The second kappa shape index (κ2) is 8.14. The standard InChI is InChI=1S/C28H19N3/c29-19-23(27-17-9-13-21-10-7-8-16-26(21)27)18-24-20-31(25-14-5-2-6-15-25)30-28(24)22-11-3-1-4-12-22/h1-18,20H. The van der Waals surface area contributed by atoms with Gasteiger partial charge in [0.15, 0.2) is 0 Å². The first-order chi connectivity index (χ1) is 15.3. The minimum atomic E-state index is 0.613. The molecule has 0 unspecified atom stereocenters. The maximum Gasteiger partial charge on any atom is 0.1000 e. The van der Waals surface area contributed by atoms with Crippen LogP contribution in [-0.2, 0) is 0 Å². The maximum atomic E-state index is 10.0. The van der Waals surface area contributed by atoms with Gasteiger partial charge in [-0.25, -0.2) is 4.68 Å². The summed E-state index contributed by atoms with van der Waals surface area (Å²) in [6.07, 6.45) is 3.93. The Labute approximate surface area is 181 Å². The molecule has 1 heterocycles. The summed E-state index contributed by atoms with van der Waals surface area (Å²) in [6, 6.07) is 36.7. The number of hydrogen-bond donors (Lipinski definition) is 0. The zero-order valence-electron chi connectivity index (χ0n) is 16.8. The second-order valence-corrected chi connectivity index (χ2v) is 7.28. The molecule has 0 aliphatic rings. The van der Waals surface area contributed by atoms with E-state index in [2.05, 4.69) is 24.3 Å². The Morgan fingerprint density at radius 1 is 0.774 bits per heavy atom. The van der Waals surface area contributed by atoms with Crippen molar-refractivity contribution in [3.8, 4) is 23.0 Å². The van der Waals surface area contributed by atoms with E-state index in [0.29, 0.717) is 5.57 Å². The van der Waals surface area contributed by atoms with E-state index in [9.17, 15) is 5.26 Å². The number of hydrogen-bond acceptors (Lipinski definition) is 2.